The van der Waals surface area contributed by atoms with Gasteiger partial charge in [0.15, 0.2) is 0 Å². The van der Waals surface area contributed by atoms with E-state index in [9.17, 15) is 9.59 Å². The van der Waals surface area contributed by atoms with Crippen LogP contribution in [0.25, 0.3) is 10.6 Å². The number of hydrogen-bond acceptors (Lipinski definition) is 5. The molecule has 1 N–H and O–H groups in total. The maximum atomic E-state index is 12.3. The van der Waals surface area contributed by atoms with Crippen molar-refractivity contribution in [1.29, 1.82) is 0 Å². The lowest BCUT2D eigenvalue weighted by molar-refractivity contribution is -0.129. The first-order valence-corrected chi connectivity index (χ1v) is 9.50. The van der Waals surface area contributed by atoms with Gasteiger partial charge in [0.1, 0.15) is 5.01 Å². The number of nitrogens with zero attached hydrogens (tertiary/aromatic N) is 3. The fourth-order valence-corrected chi connectivity index (χ4v) is 4.01. The number of hydrogen-bond donors (Lipinski definition) is 1. The van der Waals surface area contributed by atoms with Crippen LogP contribution in [0.1, 0.15) is 25.0 Å². The van der Waals surface area contributed by atoms with Crippen LogP contribution in [0, 0.1) is 5.92 Å². The molecule has 25 heavy (non-hydrogen) atoms. The monoisotopic (exact) mass is 356 g/mol. The van der Waals surface area contributed by atoms with Gasteiger partial charge in [-0.25, -0.2) is 4.98 Å². The number of carbonyl (C=O) groups is 2. The first-order chi connectivity index (χ1) is 12.2. The fraction of sp³-hybridized carbons (Fsp3) is 0.444. The Morgan fingerprint density at radius 1 is 1.32 bits per heavy atom. The van der Waals surface area contributed by atoms with Crippen molar-refractivity contribution in [2.24, 2.45) is 5.92 Å². The quantitative estimate of drug-likeness (QED) is 0.857. The van der Waals surface area contributed by atoms with Crippen molar-refractivity contribution in [2.45, 2.75) is 31.7 Å². The highest BCUT2D eigenvalue weighted by Gasteiger charge is 2.41. The Morgan fingerprint density at radius 3 is 2.88 bits per heavy atom. The normalized spacial score (nSPS) is 20.1. The van der Waals surface area contributed by atoms with Gasteiger partial charge in [-0.05, 0) is 25.0 Å². The molecule has 0 radical (unpaired) electrons. The molecule has 2 fully saturated rings. The van der Waals surface area contributed by atoms with Gasteiger partial charge in [-0.1, -0.05) is 0 Å². The molecule has 0 spiro atoms. The van der Waals surface area contributed by atoms with E-state index in [4.69, 9.17) is 0 Å². The number of likely N-dealkylation sites (tertiary alicyclic amines) is 1. The second kappa shape index (κ2) is 6.92. The molecule has 2 amide bonds. The van der Waals surface area contributed by atoms with Gasteiger partial charge in [0, 0.05) is 55.3 Å². The predicted molar refractivity (Wildman–Crippen MR) is 94.9 cm³/mol. The van der Waals surface area contributed by atoms with Crippen LogP contribution in [0.5, 0.6) is 0 Å². The standard InChI is InChI=1S/C18H20N4O2S/c23-16-9-13(10-22(16)15-1-2-15)17(24)20-8-5-14-11-25-18(21-14)12-3-6-19-7-4-12/h3-4,6-7,11,13,15H,1-2,5,8-10H2,(H,20,24)/t13-/m0/s1. The lowest BCUT2D eigenvalue weighted by Crippen LogP contribution is -2.34. The molecule has 1 aliphatic heterocycles. The Labute approximate surface area is 150 Å². The Morgan fingerprint density at radius 2 is 2.12 bits per heavy atom. The van der Waals surface area contributed by atoms with Gasteiger partial charge in [-0.3, -0.25) is 14.6 Å². The van der Waals surface area contributed by atoms with Crippen molar-refractivity contribution in [3.63, 3.8) is 0 Å². The van der Waals surface area contributed by atoms with Gasteiger partial charge in [0.2, 0.25) is 11.8 Å². The molecule has 7 heteroatoms. The van der Waals surface area contributed by atoms with Crippen molar-refractivity contribution >= 4 is 23.2 Å². The third-order valence-electron chi connectivity index (χ3n) is 4.68. The second-order valence-corrected chi connectivity index (χ2v) is 7.46. The van der Waals surface area contributed by atoms with Crippen LogP contribution < -0.4 is 5.32 Å². The van der Waals surface area contributed by atoms with Crippen LogP contribution in [0.15, 0.2) is 29.9 Å². The Bertz CT molecular complexity index is 772. The molecule has 1 saturated heterocycles. The highest BCUT2D eigenvalue weighted by atomic mass is 32.1. The molecule has 0 unspecified atom stereocenters. The van der Waals surface area contributed by atoms with Crippen LogP contribution >= 0.6 is 11.3 Å². The number of amides is 2. The summed E-state index contributed by atoms with van der Waals surface area (Å²) in [6, 6.07) is 4.27. The number of pyridine rings is 1. The van der Waals surface area contributed by atoms with E-state index >= 15 is 0 Å². The largest absolute Gasteiger partial charge is 0.355 e. The highest BCUT2D eigenvalue weighted by molar-refractivity contribution is 7.13. The summed E-state index contributed by atoms with van der Waals surface area (Å²) in [4.78, 5) is 34.7. The molecule has 4 rings (SSSR count). The lowest BCUT2D eigenvalue weighted by atomic mass is 10.1. The van der Waals surface area contributed by atoms with E-state index in [2.05, 4.69) is 15.3 Å². The second-order valence-electron chi connectivity index (χ2n) is 6.60. The number of rotatable bonds is 6. The Hall–Kier alpha value is -2.28. The molecule has 3 heterocycles. The highest BCUT2D eigenvalue weighted by Crippen LogP contribution is 2.32. The van der Waals surface area contributed by atoms with Crippen LogP contribution in [0.4, 0.5) is 0 Å². The molecule has 6 nitrogen and oxygen atoms in total. The number of carbonyl (C=O) groups excluding carboxylic acids is 2. The fourth-order valence-electron chi connectivity index (χ4n) is 3.15. The van der Waals surface area contributed by atoms with Gasteiger partial charge < -0.3 is 10.2 Å². The lowest BCUT2D eigenvalue weighted by Gasteiger charge is -2.15. The van der Waals surface area contributed by atoms with Crippen LogP contribution in [0.2, 0.25) is 0 Å². The molecule has 0 bridgehead atoms. The zero-order chi connectivity index (χ0) is 17.2. The third-order valence-corrected chi connectivity index (χ3v) is 5.62. The van der Waals surface area contributed by atoms with Crippen LogP contribution in [0.3, 0.4) is 0 Å². The van der Waals surface area contributed by atoms with E-state index in [0.717, 1.165) is 29.1 Å². The summed E-state index contributed by atoms with van der Waals surface area (Å²) in [6.45, 7) is 1.13. The first kappa shape index (κ1) is 16.2. The van der Waals surface area contributed by atoms with Gasteiger partial charge in [-0.2, -0.15) is 0 Å². The SMILES string of the molecule is O=C(NCCc1csc(-c2ccncc2)n1)[C@H]1CC(=O)N(C2CC2)C1. The zero-order valence-electron chi connectivity index (χ0n) is 13.9. The van der Waals surface area contributed by atoms with E-state index in [-0.39, 0.29) is 17.7 Å². The predicted octanol–water partition coefficient (Wildman–Crippen LogP) is 1.87. The number of nitrogens with one attached hydrogen (secondary N) is 1. The Kier molecular flexibility index (Phi) is 4.48. The summed E-state index contributed by atoms with van der Waals surface area (Å²) in [5.74, 6) is -0.0823. The summed E-state index contributed by atoms with van der Waals surface area (Å²) >= 11 is 1.59. The van der Waals surface area contributed by atoms with Crippen molar-refractivity contribution in [3.8, 4) is 10.6 Å². The minimum atomic E-state index is -0.198. The molecule has 130 valence electrons. The third kappa shape index (κ3) is 3.71. The maximum Gasteiger partial charge on any atom is 0.225 e. The van der Waals surface area contributed by atoms with E-state index in [1.807, 2.05) is 22.4 Å². The van der Waals surface area contributed by atoms with Crippen molar-refractivity contribution < 1.29 is 9.59 Å². The molecule has 2 aromatic rings. The first-order valence-electron chi connectivity index (χ1n) is 8.62. The average Bonchev–Trinajstić information content (AvgIpc) is 3.23. The molecular weight excluding hydrogens is 336 g/mol. The molecule has 0 aromatic carbocycles. The topological polar surface area (TPSA) is 75.2 Å². The number of thiazole rings is 1. The smallest absolute Gasteiger partial charge is 0.225 e. The minimum Gasteiger partial charge on any atom is -0.355 e. The summed E-state index contributed by atoms with van der Waals surface area (Å²) in [5, 5.41) is 5.95. The molecule has 1 atom stereocenters. The number of aromatic nitrogens is 2. The molecule has 2 aromatic heterocycles. The summed E-state index contributed by atoms with van der Waals surface area (Å²) in [6.07, 6.45) is 6.73. The Balaban J connectivity index is 1.26. The van der Waals surface area contributed by atoms with Gasteiger partial charge in [0.05, 0.1) is 11.6 Å². The maximum absolute atomic E-state index is 12.3. The molecular formula is C18H20N4O2S. The van der Waals surface area contributed by atoms with E-state index in [0.29, 0.717) is 32.0 Å². The van der Waals surface area contributed by atoms with Crippen LogP contribution in [-0.4, -0.2) is 45.8 Å². The summed E-state index contributed by atoms with van der Waals surface area (Å²) < 4.78 is 0. The minimum absolute atomic E-state index is 0.0129. The summed E-state index contributed by atoms with van der Waals surface area (Å²) in [5.41, 5.74) is 2.03. The molecule has 1 aliphatic carbocycles. The van der Waals surface area contributed by atoms with E-state index < -0.39 is 0 Å². The van der Waals surface area contributed by atoms with E-state index in [1.165, 1.54) is 0 Å². The van der Waals surface area contributed by atoms with Crippen molar-refractivity contribution in [3.05, 3.63) is 35.6 Å². The van der Waals surface area contributed by atoms with Gasteiger partial charge >= 0.3 is 0 Å². The van der Waals surface area contributed by atoms with Crippen molar-refractivity contribution in [1.82, 2.24) is 20.2 Å². The average molecular weight is 356 g/mol. The molecule has 1 saturated carbocycles. The zero-order valence-corrected chi connectivity index (χ0v) is 14.7. The summed E-state index contributed by atoms with van der Waals surface area (Å²) in [7, 11) is 0. The van der Waals surface area contributed by atoms with Crippen molar-refractivity contribution in [2.75, 3.05) is 13.1 Å². The van der Waals surface area contributed by atoms with E-state index in [1.54, 1.807) is 23.7 Å². The molecule has 2 aliphatic rings. The van der Waals surface area contributed by atoms with Gasteiger partial charge in [-0.15, -0.1) is 11.3 Å². The van der Waals surface area contributed by atoms with Gasteiger partial charge in [0.25, 0.3) is 0 Å². The van der Waals surface area contributed by atoms with Crippen LogP contribution in [-0.2, 0) is 16.0 Å².